The van der Waals surface area contributed by atoms with Gasteiger partial charge in [-0.25, -0.2) is 14.8 Å². The van der Waals surface area contributed by atoms with Gasteiger partial charge in [0.2, 0.25) is 0 Å². The molecule has 5 rings (SSSR count). The number of benzene rings is 4. The summed E-state index contributed by atoms with van der Waals surface area (Å²) < 4.78 is 26.9. The second-order valence-electron chi connectivity index (χ2n) is 10.1. The quantitative estimate of drug-likeness (QED) is 0.149. The smallest absolute Gasteiger partial charge is 0.338 e. The summed E-state index contributed by atoms with van der Waals surface area (Å²) in [5.41, 5.74) is 4.52. The maximum atomic E-state index is 13.3. The Labute approximate surface area is 271 Å². The number of hydrogen-bond donors (Lipinski definition) is 1. The van der Waals surface area contributed by atoms with Crippen molar-refractivity contribution in [3.8, 4) is 45.5 Å². The molecule has 1 atom stereocenters. The average molecular weight is 642 g/mol. The van der Waals surface area contributed by atoms with Gasteiger partial charge in [-0.1, -0.05) is 18.5 Å². The van der Waals surface area contributed by atoms with Crippen molar-refractivity contribution in [1.82, 2.24) is 9.97 Å². The average Bonchev–Trinajstić information content (AvgIpc) is 3.09. The first-order valence-corrected chi connectivity index (χ1v) is 14.7. The molecule has 236 valence electrons. The van der Waals surface area contributed by atoms with E-state index in [1.54, 1.807) is 45.4 Å². The number of amides is 1. The molecule has 10 nitrogen and oxygen atoms in total. The number of fused-ring (bicyclic) bond motifs is 1. The zero-order chi connectivity index (χ0) is 32.8. The largest absolute Gasteiger partial charge is 0.497 e. The monoisotopic (exact) mass is 641 g/mol. The van der Waals surface area contributed by atoms with Gasteiger partial charge in [0.15, 0.2) is 6.10 Å². The molecular weight excluding hydrogens is 610 g/mol. The molecule has 1 amide bonds. The van der Waals surface area contributed by atoms with E-state index in [-0.39, 0.29) is 17.0 Å². The Hall–Kier alpha value is -5.35. The molecule has 1 aromatic heterocycles. The van der Waals surface area contributed by atoms with E-state index in [0.29, 0.717) is 45.4 Å². The molecule has 5 aromatic rings. The van der Waals surface area contributed by atoms with Crippen LogP contribution in [0.1, 0.15) is 23.7 Å². The lowest BCUT2D eigenvalue weighted by Gasteiger charge is -2.18. The van der Waals surface area contributed by atoms with Crippen molar-refractivity contribution >= 4 is 40.2 Å². The van der Waals surface area contributed by atoms with Crippen LogP contribution in [0.3, 0.4) is 0 Å². The van der Waals surface area contributed by atoms with Gasteiger partial charge >= 0.3 is 5.97 Å². The fourth-order valence-corrected chi connectivity index (χ4v) is 5.01. The summed E-state index contributed by atoms with van der Waals surface area (Å²) >= 11 is 6.25. The highest BCUT2D eigenvalue weighted by Gasteiger charge is 2.24. The normalized spacial score (nSPS) is 11.4. The number of carbonyl (C=O) groups excluding carboxylic acids is 2. The number of esters is 1. The molecule has 0 saturated heterocycles. The lowest BCUT2D eigenvalue weighted by Crippen LogP contribution is -2.32. The standard InChI is InChI=1S/C35H32ClN3O7/c1-6-29(34(40)39-28-18-25(36)30(44-4)19-31(28)45-5)46-35(41)22-11-16-26-27(17-22)38-33(21-9-14-24(43-3)15-10-21)32(37-26)20-7-12-23(42-2)13-8-20/h7-19,29H,6H2,1-5H3,(H,39,40). The summed E-state index contributed by atoms with van der Waals surface area (Å²) in [6.45, 7) is 1.74. The zero-order valence-corrected chi connectivity index (χ0v) is 26.7. The van der Waals surface area contributed by atoms with Crippen molar-refractivity contribution in [2.24, 2.45) is 0 Å². The number of ether oxygens (including phenoxy) is 5. The summed E-state index contributed by atoms with van der Waals surface area (Å²) in [6.07, 6.45) is -0.864. The van der Waals surface area contributed by atoms with Crippen molar-refractivity contribution in [1.29, 1.82) is 0 Å². The molecule has 4 aromatic carbocycles. The van der Waals surface area contributed by atoms with Crippen LogP contribution in [0.2, 0.25) is 5.02 Å². The van der Waals surface area contributed by atoms with Crippen molar-refractivity contribution in [3.63, 3.8) is 0 Å². The van der Waals surface area contributed by atoms with E-state index in [1.807, 2.05) is 48.5 Å². The number of halogens is 1. The van der Waals surface area contributed by atoms with Gasteiger partial charge in [-0.15, -0.1) is 0 Å². The van der Waals surface area contributed by atoms with Crippen LogP contribution >= 0.6 is 11.6 Å². The SMILES string of the molecule is CCC(OC(=O)c1ccc2nc(-c3ccc(OC)cc3)c(-c3ccc(OC)cc3)nc2c1)C(=O)Nc1cc(Cl)c(OC)cc1OC. The first-order valence-electron chi connectivity index (χ1n) is 14.3. The van der Waals surface area contributed by atoms with Crippen LogP contribution < -0.4 is 24.3 Å². The Morgan fingerprint density at radius 3 is 1.80 bits per heavy atom. The Kier molecular flexibility index (Phi) is 9.88. The number of carbonyl (C=O) groups is 2. The minimum atomic E-state index is -1.09. The van der Waals surface area contributed by atoms with Crippen LogP contribution in [0.25, 0.3) is 33.5 Å². The van der Waals surface area contributed by atoms with Gasteiger partial charge in [-0.2, -0.15) is 0 Å². The Morgan fingerprint density at radius 1 is 0.717 bits per heavy atom. The third-order valence-corrected chi connectivity index (χ3v) is 7.57. The first kappa shape index (κ1) is 32.1. The van der Waals surface area contributed by atoms with Crippen LogP contribution in [0.5, 0.6) is 23.0 Å². The minimum absolute atomic E-state index is 0.219. The van der Waals surface area contributed by atoms with Crippen LogP contribution in [-0.4, -0.2) is 56.4 Å². The third kappa shape index (κ3) is 6.82. The van der Waals surface area contributed by atoms with Gasteiger partial charge in [0.05, 0.1) is 67.1 Å². The number of rotatable bonds is 11. The second kappa shape index (κ2) is 14.2. The molecule has 0 aliphatic rings. The molecule has 46 heavy (non-hydrogen) atoms. The zero-order valence-electron chi connectivity index (χ0n) is 25.9. The van der Waals surface area contributed by atoms with E-state index in [4.69, 9.17) is 45.3 Å². The van der Waals surface area contributed by atoms with Gasteiger partial charge in [0, 0.05) is 17.2 Å². The first-order chi connectivity index (χ1) is 22.3. The number of anilines is 1. The Bertz CT molecular complexity index is 1880. The fourth-order valence-electron chi connectivity index (χ4n) is 4.77. The van der Waals surface area contributed by atoms with E-state index in [0.717, 1.165) is 16.9 Å². The topological polar surface area (TPSA) is 118 Å². The summed E-state index contributed by atoms with van der Waals surface area (Å²) in [7, 11) is 6.15. The van der Waals surface area contributed by atoms with Crippen molar-refractivity contribution < 1.29 is 33.3 Å². The van der Waals surface area contributed by atoms with Crippen LogP contribution in [0.15, 0.2) is 78.9 Å². The summed E-state index contributed by atoms with van der Waals surface area (Å²) in [6, 6.07) is 23.0. The Balaban J connectivity index is 1.45. The molecule has 11 heteroatoms. The molecule has 1 unspecified atom stereocenters. The number of nitrogens with one attached hydrogen (secondary N) is 1. The molecule has 0 aliphatic carbocycles. The van der Waals surface area contributed by atoms with Gasteiger partial charge in [-0.05, 0) is 79.2 Å². The highest BCUT2D eigenvalue weighted by atomic mass is 35.5. The van der Waals surface area contributed by atoms with E-state index in [9.17, 15) is 9.59 Å². The fraction of sp³-hybridized carbons (Fsp3) is 0.200. The van der Waals surface area contributed by atoms with Crippen molar-refractivity contribution in [2.75, 3.05) is 33.8 Å². The number of aromatic nitrogens is 2. The molecule has 0 radical (unpaired) electrons. The predicted molar refractivity (Wildman–Crippen MR) is 176 cm³/mol. The minimum Gasteiger partial charge on any atom is -0.497 e. The summed E-state index contributed by atoms with van der Waals surface area (Å²) in [5, 5.41) is 3.02. The molecule has 0 saturated carbocycles. The molecule has 1 N–H and O–H groups in total. The molecule has 0 bridgehead atoms. The highest BCUT2D eigenvalue weighted by molar-refractivity contribution is 6.32. The summed E-state index contributed by atoms with van der Waals surface area (Å²) in [5.74, 6) is 0.929. The van der Waals surface area contributed by atoms with Gasteiger partial charge in [0.1, 0.15) is 23.0 Å². The van der Waals surface area contributed by atoms with Gasteiger partial charge < -0.3 is 29.0 Å². The number of methoxy groups -OCH3 is 4. The molecule has 0 fully saturated rings. The maximum absolute atomic E-state index is 13.3. The van der Waals surface area contributed by atoms with E-state index in [2.05, 4.69) is 5.32 Å². The summed E-state index contributed by atoms with van der Waals surface area (Å²) in [4.78, 5) is 36.3. The van der Waals surface area contributed by atoms with Crippen LogP contribution in [0.4, 0.5) is 5.69 Å². The van der Waals surface area contributed by atoms with Gasteiger partial charge in [0.25, 0.3) is 5.91 Å². The maximum Gasteiger partial charge on any atom is 0.338 e. The van der Waals surface area contributed by atoms with Gasteiger partial charge in [-0.3, -0.25) is 4.79 Å². The van der Waals surface area contributed by atoms with Crippen molar-refractivity contribution in [2.45, 2.75) is 19.4 Å². The highest BCUT2D eigenvalue weighted by Crippen LogP contribution is 2.36. The predicted octanol–water partition coefficient (Wildman–Crippen LogP) is 7.23. The number of hydrogen-bond acceptors (Lipinski definition) is 9. The lowest BCUT2D eigenvalue weighted by atomic mass is 10.0. The molecular formula is C35H32ClN3O7. The van der Waals surface area contributed by atoms with Crippen LogP contribution in [0, 0.1) is 0 Å². The molecule has 1 heterocycles. The molecule has 0 aliphatic heterocycles. The number of nitrogens with zero attached hydrogens (tertiary/aromatic N) is 2. The van der Waals surface area contributed by atoms with Crippen molar-refractivity contribution in [3.05, 3.63) is 89.4 Å². The third-order valence-electron chi connectivity index (χ3n) is 7.27. The molecule has 0 spiro atoms. The van der Waals surface area contributed by atoms with E-state index >= 15 is 0 Å². The van der Waals surface area contributed by atoms with Crippen LogP contribution in [-0.2, 0) is 9.53 Å². The second-order valence-corrected chi connectivity index (χ2v) is 10.5. The van der Waals surface area contributed by atoms with E-state index in [1.165, 1.54) is 20.3 Å². The Morgan fingerprint density at radius 2 is 1.28 bits per heavy atom. The lowest BCUT2D eigenvalue weighted by molar-refractivity contribution is -0.124. The van der Waals surface area contributed by atoms with E-state index < -0.39 is 18.0 Å².